The Labute approximate surface area is 97.9 Å². The first-order valence-corrected chi connectivity index (χ1v) is 5.11. The van der Waals surface area contributed by atoms with Gasteiger partial charge >= 0.3 is 5.97 Å². The molecule has 0 aliphatic rings. The highest BCUT2D eigenvalue weighted by molar-refractivity contribution is 7.80. The normalized spacial score (nSPS) is 9.38. The number of aromatic carboxylic acids is 1. The van der Waals surface area contributed by atoms with E-state index in [2.05, 4.69) is 24.5 Å². The van der Waals surface area contributed by atoms with Crippen LogP contribution in [0, 0.1) is 17.7 Å². The number of carboxylic acid groups (broad SMARTS) is 1. The Kier molecular flexibility index (Phi) is 4.20. The van der Waals surface area contributed by atoms with Crippen LogP contribution in [0.2, 0.25) is 0 Å². The molecule has 84 valence electrons. The van der Waals surface area contributed by atoms with E-state index in [1.54, 1.807) is 0 Å². The molecule has 0 bridgehead atoms. The molecular weight excluding hydrogens is 229 g/mol. The van der Waals surface area contributed by atoms with Crippen LogP contribution in [0.4, 0.5) is 10.1 Å². The van der Waals surface area contributed by atoms with Crippen molar-refractivity contribution >= 4 is 24.3 Å². The maximum atomic E-state index is 13.1. The van der Waals surface area contributed by atoms with Crippen LogP contribution >= 0.6 is 12.6 Å². The number of nitrogen functional groups attached to an aromatic ring is 1. The lowest BCUT2D eigenvalue weighted by Gasteiger charge is -2.03. The van der Waals surface area contributed by atoms with Crippen LogP contribution in [0.3, 0.4) is 0 Å². The number of rotatable bonds is 2. The van der Waals surface area contributed by atoms with Gasteiger partial charge < -0.3 is 10.8 Å². The molecule has 3 N–H and O–H groups in total. The number of carbonyl (C=O) groups is 1. The highest BCUT2D eigenvalue weighted by Crippen LogP contribution is 2.19. The number of nitrogens with two attached hydrogens (primary N) is 1. The van der Waals surface area contributed by atoms with Crippen molar-refractivity contribution in [1.82, 2.24) is 0 Å². The Hall–Kier alpha value is -1.67. The van der Waals surface area contributed by atoms with Gasteiger partial charge in [0.25, 0.3) is 0 Å². The lowest BCUT2D eigenvalue weighted by atomic mass is 10.1. The highest BCUT2D eigenvalue weighted by Gasteiger charge is 2.12. The Bertz CT molecular complexity index is 477. The topological polar surface area (TPSA) is 63.3 Å². The maximum absolute atomic E-state index is 13.1. The fourth-order valence-electron chi connectivity index (χ4n) is 1.11. The molecule has 0 amide bonds. The van der Waals surface area contributed by atoms with Crippen molar-refractivity contribution in [3.63, 3.8) is 0 Å². The largest absolute Gasteiger partial charge is 0.478 e. The summed E-state index contributed by atoms with van der Waals surface area (Å²) >= 11 is 3.96. The van der Waals surface area contributed by atoms with E-state index in [1.165, 1.54) is 0 Å². The lowest BCUT2D eigenvalue weighted by molar-refractivity contribution is 0.0697. The van der Waals surface area contributed by atoms with E-state index in [9.17, 15) is 9.18 Å². The molecule has 0 heterocycles. The van der Waals surface area contributed by atoms with Crippen LogP contribution in [0.1, 0.15) is 22.3 Å². The average Bonchev–Trinajstić information content (AvgIpc) is 2.22. The first-order valence-electron chi connectivity index (χ1n) is 4.48. The van der Waals surface area contributed by atoms with Gasteiger partial charge in [0.1, 0.15) is 5.82 Å². The van der Waals surface area contributed by atoms with E-state index in [0.717, 1.165) is 12.1 Å². The van der Waals surface area contributed by atoms with Gasteiger partial charge in [-0.1, -0.05) is 11.8 Å². The second kappa shape index (κ2) is 5.42. The summed E-state index contributed by atoms with van der Waals surface area (Å²) < 4.78 is 13.1. The molecule has 0 radical (unpaired) electrons. The van der Waals surface area contributed by atoms with Crippen LogP contribution in [-0.2, 0) is 0 Å². The van der Waals surface area contributed by atoms with Crippen molar-refractivity contribution in [3.05, 3.63) is 29.1 Å². The standard InChI is InChI=1S/C11H10FNO2S/c12-8-5-7(3-1-2-4-16)10(13)9(6-8)11(14)15/h5-6,16H,2,4,13H2,(H,14,15). The molecule has 0 unspecified atom stereocenters. The minimum Gasteiger partial charge on any atom is -0.478 e. The van der Waals surface area contributed by atoms with Gasteiger partial charge in [0.2, 0.25) is 0 Å². The Morgan fingerprint density at radius 1 is 1.56 bits per heavy atom. The van der Waals surface area contributed by atoms with Gasteiger partial charge in [-0.3, -0.25) is 0 Å². The summed E-state index contributed by atoms with van der Waals surface area (Å²) in [4.78, 5) is 10.7. The number of anilines is 1. The van der Waals surface area contributed by atoms with Gasteiger partial charge in [-0.05, 0) is 12.1 Å². The molecule has 0 aromatic heterocycles. The van der Waals surface area contributed by atoms with Gasteiger partial charge in [-0.2, -0.15) is 12.6 Å². The third-order valence-corrected chi connectivity index (χ3v) is 2.06. The quantitative estimate of drug-likeness (QED) is 0.419. The molecule has 0 spiro atoms. The number of halogens is 1. The van der Waals surface area contributed by atoms with E-state index in [1.807, 2.05) is 0 Å². The van der Waals surface area contributed by atoms with E-state index < -0.39 is 11.8 Å². The number of benzene rings is 1. The Morgan fingerprint density at radius 3 is 2.81 bits per heavy atom. The molecule has 1 aromatic carbocycles. The third kappa shape index (κ3) is 2.91. The zero-order valence-corrected chi connectivity index (χ0v) is 9.22. The molecule has 16 heavy (non-hydrogen) atoms. The predicted octanol–water partition coefficient (Wildman–Crippen LogP) is 1.78. The molecule has 0 aliphatic heterocycles. The summed E-state index contributed by atoms with van der Waals surface area (Å²) in [5.74, 6) is 3.99. The fraction of sp³-hybridized carbons (Fsp3) is 0.182. The highest BCUT2D eigenvalue weighted by atomic mass is 32.1. The monoisotopic (exact) mass is 239 g/mol. The zero-order valence-electron chi connectivity index (χ0n) is 8.33. The summed E-state index contributed by atoms with van der Waals surface area (Å²) in [7, 11) is 0. The van der Waals surface area contributed by atoms with Gasteiger partial charge in [-0.25, -0.2) is 9.18 Å². The Balaban J connectivity index is 3.21. The molecule has 0 saturated carbocycles. The molecule has 0 atom stereocenters. The van der Waals surface area contributed by atoms with Crippen molar-refractivity contribution in [2.45, 2.75) is 6.42 Å². The van der Waals surface area contributed by atoms with Gasteiger partial charge in [0.05, 0.1) is 16.8 Å². The van der Waals surface area contributed by atoms with E-state index in [4.69, 9.17) is 10.8 Å². The maximum Gasteiger partial charge on any atom is 0.337 e. The Morgan fingerprint density at radius 2 is 2.25 bits per heavy atom. The first-order chi connectivity index (χ1) is 7.56. The van der Waals surface area contributed by atoms with Gasteiger partial charge in [-0.15, -0.1) is 0 Å². The minimum absolute atomic E-state index is 0.0134. The molecular formula is C11H10FNO2S. The van der Waals surface area contributed by atoms with Crippen LogP contribution in [0.25, 0.3) is 0 Å². The van der Waals surface area contributed by atoms with E-state index >= 15 is 0 Å². The summed E-state index contributed by atoms with van der Waals surface area (Å²) in [6, 6.07) is 1.99. The molecule has 3 nitrogen and oxygen atoms in total. The smallest absolute Gasteiger partial charge is 0.337 e. The second-order valence-electron chi connectivity index (χ2n) is 3.00. The molecule has 1 rings (SSSR count). The lowest BCUT2D eigenvalue weighted by Crippen LogP contribution is -2.05. The van der Waals surface area contributed by atoms with Gasteiger partial charge in [0.15, 0.2) is 0 Å². The van der Waals surface area contributed by atoms with E-state index in [0.29, 0.717) is 12.2 Å². The second-order valence-corrected chi connectivity index (χ2v) is 3.44. The molecule has 0 saturated heterocycles. The van der Waals surface area contributed by atoms with Crippen LogP contribution in [0.5, 0.6) is 0 Å². The summed E-state index contributed by atoms with van der Waals surface area (Å²) in [6.07, 6.45) is 0.529. The number of carboxylic acids is 1. The molecule has 0 fully saturated rings. The van der Waals surface area contributed by atoms with Crippen molar-refractivity contribution in [1.29, 1.82) is 0 Å². The first kappa shape index (κ1) is 12.4. The fourth-order valence-corrected chi connectivity index (χ4v) is 1.22. The molecule has 1 aromatic rings. The van der Waals surface area contributed by atoms with Crippen molar-refractivity contribution in [2.75, 3.05) is 11.5 Å². The van der Waals surface area contributed by atoms with Crippen LogP contribution in [0.15, 0.2) is 12.1 Å². The third-order valence-electron chi connectivity index (χ3n) is 1.84. The zero-order chi connectivity index (χ0) is 12.1. The minimum atomic E-state index is -1.27. The number of hydrogen-bond acceptors (Lipinski definition) is 3. The average molecular weight is 239 g/mol. The van der Waals surface area contributed by atoms with Crippen LogP contribution in [-0.4, -0.2) is 16.8 Å². The van der Waals surface area contributed by atoms with Crippen molar-refractivity contribution in [2.24, 2.45) is 0 Å². The summed E-state index contributed by atoms with van der Waals surface area (Å²) in [5.41, 5.74) is 5.48. The number of hydrogen-bond donors (Lipinski definition) is 3. The SMILES string of the molecule is Nc1c(C#CCCS)cc(F)cc1C(=O)O. The number of thiol groups is 1. The molecule has 0 aliphatic carbocycles. The predicted molar refractivity (Wildman–Crippen MR) is 63.1 cm³/mol. The van der Waals surface area contributed by atoms with E-state index in [-0.39, 0.29) is 16.8 Å². The van der Waals surface area contributed by atoms with Crippen molar-refractivity contribution in [3.8, 4) is 11.8 Å². The van der Waals surface area contributed by atoms with Crippen LogP contribution < -0.4 is 5.73 Å². The summed E-state index contributed by atoms with van der Waals surface area (Å²) in [5, 5.41) is 8.78. The van der Waals surface area contributed by atoms with Gasteiger partial charge in [0, 0.05) is 12.2 Å². The summed E-state index contributed by atoms with van der Waals surface area (Å²) in [6.45, 7) is 0. The van der Waals surface area contributed by atoms with Crippen molar-refractivity contribution < 1.29 is 14.3 Å². The molecule has 5 heteroatoms.